The van der Waals surface area contributed by atoms with Crippen LogP contribution < -0.4 is 53.8 Å². The molecule has 4 saturated heterocycles. The van der Waals surface area contributed by atoms with E-state index in [1.54, 1.807) is 121 Å². The molecule has 139 heavy (non-hydrogen) atoms. The number of aromatic nitrogens is 2. The number of anilines is 4. The maximum absolute atomic E-state index is 13.7. The summed E-state index contributed by atoms with van der Waals surface area (Å²) in [6.45, 7) is 13.8. The Bertz CT molecular complexity index is 6420. The third-order valence-corrected chi connectivity index (χ3v) is 26.6. The van der Waals surface area contributed by atoms with E-state index in [1.807, 2.05) is 89.6 Å². The number of rotatable bonds is 31. The summed E-state index contributed by atoms with van der Waals surface area (Å²) >= 11 is 0. The van der Waals surface area contributed by atoms with Crippen molar-refractivity contribution >= 4 is 70.0 Å². The lowest BCUT2D eigenvalue weighted by Crippen LogP contribution is -2.53. The van der Waals surface area contributed by atoms with Crippen molar-refractivity contribution in [3.05, 3.63) is 350 Å². The highest BCUT2D eigenvalue weighted by atomic mass is 19.1. The topological polar surface area (TPSA) is 266 Å². The highest BCUT2D eigenvalue weighted by Crippen LogP contribution is 2.42. The Balaban J connectivity index is 0.000000128. The van der Waals surface area contributed by atoms with Crippen LogP contribution in [0, 0.1) is 11.6 Å². The molecule has 4 fully saturated rings. The molecule has 2 bridgehead atoms. The number of carbonyl (C=O) groups is 8. The van der Waals surface area contributed by atoms with Crippen LogP contribution in [0.15, 0.2) is 255 Å². The van der Waals surface area contributed by atoms with Crippen LogP contribution in [0.1, 0.15) is 141 Å². The molecule has 20 rings (SSSR count). The van der Waals surface area contributed by atoms with Crippen molar-refractivity contribution in [1.82, 2.24) is 49.2 Å². The van der Waals surface area contributed by atoms with Gasteiger partial charge in [-0.2, -0.15) is 0 Å². The second-order valence-corrected chi connectivity index (χ2v) is 35.3. The predicted octanol–water partition coefficient (Wildman–Crippen LogP) is 15.0. The fourth-order valence-electron chi connectivity index (χ4n) is 19.6. The summed E-state index contributed by atoms with van der Waals surface area (Å²) in [5.41, 5.74) is 13.6. The van der Waals surface area contributed by atoms with Crippen LogP contribution in [-0.4, -0.2) is 231 Å². The number of amides is 8. The van der Waals surface area contributed by atoms with Gasteiger partial charge in [-0.3, -0.25) is 72.7 Å². The molecule has 11 aromatic carbocycles. The van der Waals surface area contributed by atoms with Crippen molar-refractivity contribution in [2.45, 2.75) is 83.7 Å². The zero-order valence-corrected chi connectivity index (χ0v) is 78.7. The molecule has 0 aliphatic carbocycles. The molecular formula is C109H112F2N14O14. The molecule has 1 aromatic heterocycles. The number of hydrogen-bond acceptors (Lipinski definition) is 23. The average molecular weight is 1880 g/mol. The van der Waals surface area contributed by atoms with Gasteiger partial charge < -0.3 is 58.3 Å². The number of methoxy groups -OCH3 is 6. The standard InChI is InChI=1S/C30H31N3O4.C28H27F2N3O4.C26H27N3O4.C25H27N5O2/c1-36-24-13-21(14-25(15-24)37-2)17-33-29(34)26-9-6-10-27(28(26)30(33)35)31-18-22-11-12-23(19-31)32(22)16-20-7-4-3-5-8-20;1-36-24-7-6-18(14-25(24)37-2)17-33-27(34)22-4-3-5-23(26(22)28(33)35)32-10-8-31(9-11-32)16-19-12-20(29)15-21(30)13-19;1-32-22-12-11-19(15-23(22)33-2)17-29-25(30)20-9-6-10-21(24(20)26(29)31)28-14-13-27-16-18-7-4-3-5-8-18;31-24-21-8-4-9-22(23(21)25(32)30(24)12-5-11-28-13-10-26-19-28)29-16-14-27(15-17-29)18-20-6-2-1-3-7-20/h3-10,13-15,22-23H,11-12,16-19H2,1-2H3;3-7,12-15H,8-11,16-17H2,1-2H3;3-12,15,27-28H,13-14,16-17H2,1-2H3;1-4,6-10,13,19H,5,11-12,14-18H2. The molecule has 30 heteroatoms. The molecule has 2 unspecified atom stereocenters. The molecular weight excluding hydrogens is 1770 g/mol. The number of piperazine rings is 3. The average Bonchev–Trinajstić information content (AvgIpc) is 1.64. The number of nitrogens with zero attached hydrogens (tertiary/aromatic N) is 12. The number of nitrogens with one attached hydrogen (secondary N) is 2. The van der Waals surface area contributed by atoms with E-state index in [0.29, 0.717) is 155 Å². The maximum Gasteiger partial charge on any atom is 0.263 e. The van der Waals surface area contributed by atoms with Gasteiger partial charge in [0.05, 0.1) is 130 Å². The summed E-state index contributed by atoms with van der Waals surface area (Å²) in [5.74, 6) is 0.201. The fourth-order valence-corrected chi connectivity index (χ4v) is 19.6. The molecule has 9 heterocycles. The van der Waals surface area contributed by atoms with Crippen LogP contribution in [0.5, 0.6) is 34.5 Å². The number of imide groups is 4. The maximum atomic E-state index is 13.7. The summed E-state index contributed by atoms with van der Waals surface area (Å²) < 4.78 is 61.0. The van der Waals surface area contributed by atoms with Crippen molar-refractivity contribution in [1.29, 1.82) is 0 Å². The van der Waals surface area contributed by atoms with Gasteiger partial charge in [0.2, 0.25) is 0 Å². The van der Waals surface area contributed by atoms with Crippen LogP contribution >= 0.6 is 0 Å². The van der Waals surface area contributed by atoms with Gasteiger partial charge in [0.25, 0.3) is 47.3 Å². The normalized spacial score (nSPS) is 16.6. The number of fused-ring (bicyclic) bond motifs is 6. The summed E-state index contributed by atoms with van der Waals surface area (Å²) in [5, 5.41) is 6.68. The highest BCUT2D eigenvalue weighted by Gasteiger charge is 2.46. The second-order valence-electron chi connectivity index (χ2n) is 35.3. The molecule has 2 N–H and O–H groups in total. The lowest BCUT2D eigenvalue weighted by molar-refractivity contribution is 0.0627. The van der Waals surface area contributed by atoms with Crippen molar-refractivity contribution in [3.63, 3.8) is 0 Å². The van der Waals surface area contributed by atoms with E-state index in [1.165, 1.54) is 55.5 Å². The smallest absolute Gasteiger partial charge is 0.263 e. The minimum atomic E-state index is -0.589. The number of benzene rings is 11. The zero-order chi connectivity index (χ0) is 96.7. The molecule has 2 atom stereocenters. The van der Waals surface area contributed by atoms with E-state index in [0.717, 1.165) is 125 Å². The van der Waals surface area contributed by atoms with Gasteiger partial charge in [0.15, 0.2) is 23.0 Å². The number of ether oxygens (including phenoxy) is 6. The van der Waals surface area contributed by atoms with Crippen LogP contribution in [-0.2, 0) is 52.4 Å². The van der Waals surface area contributed by atoms with E-state index in [2.05, 4.69) is 112 Å². The van der Waals surface area contributed by atoms with Gasteiger partial charge in [0.1, 0.15) is 23.1 Å². The van der Waals surface area contributed by atoms with E-state index in [4.69, 9.17) is 28.4 Å². The third kappa shape index (κ3) is 21.5. The molecule has 0 radical (unpaired) electrons. The lowest BCUT2D eigenvalue weighted by atomic mass is 10.0. The highest BCUT2D eigenvalue weighted by molar-refractivity contribution is 6.26. The van der Waals surface area contributed by atoms with Gasteiger partial charge >= 0.3 is 0 Å². The minimum Gasteiger partial charge on any atom is -0.497 e. The first kappa shape index (κ1) is 95.6. The van der Waals surface area contributed by atoms with Crippen LogP contribution in [0.25, 0.3) is 0 Å². The first-order chi connectivity index (χ1) is 67.7. The Hall–Kier alpha value is -15.1. The predicted molar refractivity (Wildman–Crippen MR) is 525 cm³/mol. The quantitative estimate of drug-likeness (QED) is 0.0302. The minimum absolute atomic E-state index is 0.115. The molecule has 8 aliphatic rings. The van der Waals surface area contributed by atoms with Crippen LogP contribution in [0.4, 0.5) is 31.5 Å². The number of aryl methyl sites for hydroxylation is 1. The molecule has 0 spiro atoms. The van der Waals surface area contributed by atoms with Gasteiger partial charge in [0, 0.05) is 160 Å². The van der Waals surface area contributed by atoms with Crippen molar-refractivity contribution in [2.24, 2.45) is 0 Å². The van der Waals surface area contributed by atoms with Gasteiger partial charge in [-0.15, -0.1) is 0 Å². The number of imidazole rings is 1. The SMILES string of the molecule is COc1cc(CN2C(=O)c3cccc(N4CC5CCC(C4)N5Cc4ccccc4)c3C2=O)cc(OC)c1.COc1ccc(CN2C(=O)c3cccc(N4CCN(Cc5cc(F)cc(F)c5)CC4)c3C2=O)cc1OC.COc1ccc(CN2C(=O)c3cccc(NCCNCc4ccccc4)c3C2=O)cc1OC.O=C1c2cccc(N3CCN(Cc4ccccc4)CC3)c2C(=O)N1CCCn1ccnc1. The molecule has 716 valence electrons. The van der Waals surface area contributed by atoms with Gasteiger partial charge in [-0.05, 0) is 155 Å². The zero-order valence-electron chi connectivity index (χ0n) is 78.7. The summed E-state index contributed by atoms with van der Waals surface area (Å²) in [6.07, 6.45) is 8.37. The molecule has 28 nitrogen and oxygen atoms in total. The number of carbonyl (C=O) groups excluding carboxylic acids is 8. The van der Waals surface area contributed by atoms with E-state index in [9.17, 15) is 47.1 Å². The van der Waals surface area contributed by atoms with Gasteiger partial charge in [-0.25, -0.2) is 13.8 Å². The van der Waals surface area contributed by atoms with E-state index in [-0.39, 0.29) is 66.9 Å². The fraction of sp³-hybridized carbons (Fsp3) is 0.294. The first-order valence-corrected chi connectivity index (χ1v) is 46.8. The molecule has 0 saturated carbocycles. The molecule has 8 amide bonds. The number of halogens is 2. The van der Waals surface area contributed by atoms with Crippen molar-refractivity contribution in [2.75, 3.05) is 148 Å². The lowest BCUT2D eigenvalue weighted by Gasteiger charge is -2.42. The van der Waals surface area contributed by atoms with Gasteiger partial charge in [-0.1, -0.05) is 127 Å². The molecule has 8 aliphatic heterocycles. The monoisotopic (exact) mass is 1880 g/mol. The van der Waals surface area contributed by atoms with E-state index < -0.39 is 11.6 Å². The Morgan fingerprint density at radius 1 is 0.345 bits per heavy atom. The Morgan fingerprint density at radius 3 is 1.23 bits per heavy atom. The largest absolute Gasteiger partial charge is 0.497 e. The summed E-state index contributed by atoms with van der Waals surface area (Å²) in [6, 6.07) is 73.8. The third-order valence-electron chi connectivity index (χ3n) is 26.6. The Morgan fingerprint density at radius 2 is 0.763 bits per heavy atom. The summed E-state index contributed by atoms with van der Waals surface area (Å²) in [7, 11) is 9.36. The van der Waals surface area contributed by atoms with Crippen molar-refractivity contribution in [3.8, 4) is 34.5 Å². The Labute approximate surface area is 806 Å². The summed E-state index contributed by atoms with van der Waals surface area (Å²) in [4.78, 5) is 129. The van der Waals surface area contributed by atoms with Crippen molar-refractivity contribution < 1.29 is 75.6 Å². The van der Waals surface area contributed by atoms with Crippen LogP contribution in [0.3, 0.4) is 0 Å². The first-order valence-electron chi connectivity index (χ1n) is 46.8. The Kier molecular flexibility index (Phi) is 30.2. The van der Waals surface area contributed by atoms with Crippen LogP contribution in [0.2, 0.25) is 0 Å². The number of hydrogen-bond donors (Lipinski definition) is 2. The van der Waals surface area contributed by atoms with E-state index >= 15 is 0 Å². The molecule has 12 aromatic rings. The second kappa shape index (κ2) is 43.9.